The van der Waals surface area contributed by atoms with Crippen molar-refractivity contribution >= 4 is 5.91 Å². The summed E-state index contributed by atoms with van der Waals surface area (Å²) in [5, 5.41) is 0. The van der Waals surface area contributed by atoms with Gasteiger partial charge >= 0.3 is 0 Å². The summed E-state index contributed by atoms with van der Waals surface area (Å²) >= 11 is 0. The van der Waals surface area contributed by atoms with E-state index in [-0.39, 0.29) is 11.4 Å². The van der Waals surface area contributed by atoms with Gasteiger partial charge in [0.2, 0.25) is 0 Å². The van der Waals surface area contributed by atoms with Crippen LogP contribution in [0.3, 0.4) is 0 Å². The zero-order valence-electron chi connectivity index (χ0n) is 8.69. The number of nitrogens with one attached hydrogen (secondary N) is 1. The number of rotatable bonds is 2. The number of carbonyl (C=O) groups excluding carboxylic acids is 1. The fraction of sp³-hybridized carbons (Fsp3) is 0.300. The van der Waals surface area contributed by atoms with Crippen LogP contribution in [0.1, 0.15) is 10.4 Å². The Balaban J connectivity index is 0.00000169. The highest BCUT2D eigenvalue weighted by molar-refractivity contribution is 5.93. The van der Waals surface area contributed by atoms with Crippen LogP contribution in [0.25, 0.3) is 0 Å². The molecule has 1 aromatic carbocycles. The largest absolute Gasteiger partial charge is 0.870 e. The van der Waals surface area contributed by atoms with Crippen LogP contribution in [-0.4, -0.2) is 37.1 Å². The van der Waals surface area contributed by atoms with Gasteiger partial charge in [0, 0.05) is 5.56 Å². The summed E-state index contributed by atoms with van der Waals surface area (Å²) in [6.45, 7) is 0. The van der Waals surface area contributed by atoms with Crippen LogP contribution in [0.15, 0.2) is 30.3 Å². The standard InChI is InChI=1S/C10H14N2O.H2O/c1-12(2,3)11-10(13)9-7-5-4-6-8-9;/h4-8H,1-3H3;1H2. The molecular formula is C10H16N2O2. The Morgan fingerprint density at radius 1 is 1.14 bits per heavy atom. The molecule has 1 aromatic rings. The SMILES string of the molecule is C[N+](C)(C)NC(=O)c1ccccc1.[OH-]. The average Bonchev–Trinajstić information content (AvgIpc) is 2.03. The molecule has 0 unspecified atom stereocenters. The second-order valence-corrected chi connectivity index (χ2v) is 3.82. The van der Waals surface area contributed by atoms with E-state index in [1.165, 1.54) is 0 Å². The van der Waals surface area contributed by atoms with Crippen molar-refractivity contribution in [3.63, 3.8) is 0 Å². The van der Waals surface area contributed by atoms with Crippen molar-refractivity contribution in [1.82, 2.24) is 5.43 Å². The fourth-order valence-electron chi connectivity index (χ4n) is 0.959. The van der Waals surface area contributed by atoms with E-state index >= 15 is 0 Å². The van der Waals surface area contributed by atoms with Crippen molar-refractivity contribution < 1.29 is 14.9 Å². The summed E-state index contributed by atoms with van der Waals surface area (Å²) < 4.78 is 0.424. The quantitative estimate of drug-likeness (QED) is 0.563. The van der Waals surface area contributed by atoms with Gasteiger partial charge in [0.1, 0.15) is 0 Å². The number of hydrogen-bond donors (Lipinski definition) is 1. The van der Waals surface area contributed by atoms with E-state index in [0.29, 0.717) is 10.2 Å². The number of nitrogens with zero attached hydrogens (tertiary/aromatic N) is 1. The molecule has 0 aliphatic rings. The predicted octanol–water partition coefficient (Wildman–Crippen LogP) is 0.861. The third-order valence-electron chi connectivity index (χ3n) is 1.47. The second kappa shape index (κ2) is 4.74. The molecule has 0 aliphatic carbocycles. The maximum Gasteiger partial charge on any atom is 0.295 e. The lowest BCUT2D eigenvalue weighted by Gasteiger charge is -2.23. The monoisotopic (exact) mass is 196 g/mol. The molecule has 0 fully saturated rings. The summed E-state index contributed by atoms with van der Waals surface area (Å²) in [6.07, 6.45) is 0. The van der Waals surface area contributed by atoms with Crippen molar-refractivity contribution in [2.45, 2.75) is 0 Å². The van der Waals surface area contributed by atoms with Gasteiger partial charge in [-0.05, 0) is 12.1 Å². The lowest BCUT2D eigenvalue weighted by molar-refractivity contribution is -0.905. The fourth-order valence-corrected chi connectivity index (χ4v) is 0.959. The smallest absolute Gasteiger partial charge is 0.295 e. The molecule has 0 aromatic heterocycles. The molecule has 0 saturated heterocycles. The van der Waals surface area contributed by atoms with Crippen molar-refractivity contribution in [3.05, 3.63) is 35.9 Å². The van der Waals surface area contributed by atoms with E-state index < -0.39 is 0 Å². The molecule has 0 aliphatic heterocycles. The molecule has 14 heavy (non-hydrogen) atoms. The molecule has 0 atom stereocenters. The predicted molar refractivity (Wildman–Crippen MR) is 53.9 cm³/mol. The van der Waals surface area contributed by atoms with Crippen LogP contribution in [0.5, 0.6) is 0 Å². The topological polar surface area (TPSA) is 59.1 Å². The van der Waals surface area contributed by atoms with E-state index in [4.69, 9.17) is 0 Å². The number of benzene rings is 1. The zero-order chi connectivity index (χ0) is 9.90. The summed E-state index contributed by atoms with van der Waals surface area (Å²) in [5.41, 5.74) is 3.52. The second-order valence-electron chi connectivity index (χ2n) is 3.82. The normalized spacial score (nSPS) is 10.2. The highest BCUT2D eigenvalue weighted by atomic mass is 16.2. The minimum Gasteiger partial charge on any atom is -0.870 e. The maximum absolute atomic E-state index is 11.5. The Morgan fingerprint density at radius 3 is 2.07 bits per heavy atom. The third-order valence-corrected chi connectivity index (χ3v) is 1.47. The highest BCUT2D eigenvalue weighted by Gasteiger charge is 2.13. The van der Waals surface area contributed by atoms with Crippen molar-refractivity contribution in [1.29, 1.82) is 0 Å². The summed E-state index contributed by atoms with van der Waals surface area (Å²) in [7, 11) is 5.71. The molecule has 1 rings (SSSR count). The maximum atomic E-state index is 11.5. The first-order valence-electron chi connectivity index (χ1n) is 4.18. The Morgan fingerprint density at radius 2 is 1.64 bits per heavy atom. The molecule has 1 amide bonds. The molecule has 0 bridgehead atoms. The number of amides is 1. The molecule has 4 nitrogen and oxygen atoms in total. The van der Waals surface area contributed by atoms with Crippen LogP contribution in [0.2, 0.25) is 0 Å². The third kappa shape index (κ3) is 4.02. The van der Waals surface area contributed by atoms with E-state index in [2.05, 4.69) is 5.43 Å². The number of carbonyl (C=O) groups is 1. The zero-order valence-corrected chi connectivity index (χ0v) is 8.69. The number of quaternary nitrogens is 1. The van der Waals surface area contributed by atoms with Crippen LogP contribution < -0.4 is 5.43 Å². The Bertz CT molecular complexity index is 291. The first kappa shape index (κ1) is 12.6. The molecule has 4 heteroatoms. The molecular weight excluding hydrogens is 180 g/mol. The van der Waals surface area contributed by atoms with Gasteiger partial charge < -0.3 is 5.48 Å². The first-order valence-corrected chi connectivity index (χ1v) is 4.18. The Hall–Kier alpha value is -1.39. The first-order chi connectivity index (χ1) is 5.99. The van der Waals surface area contributed by atoms with Gasteiger partial charge in [-0.1, -0.05) is 18.2 Å². The van der Waals surface area contributed by atoms with Crippen molar-refractivity contribution in [3.8, 4) is 0 Å². The van der Waals surface area contributed by atoms with Crippen molar-refractivity contribution in [2.24, 2.45) is 0 Å². The lowest BCUT2D eigenvalue weighted by Crippen LogP contribution is -2.51. The molecule has 2 N–H and O–H groups in total. The summed E-state index contributed by atoms with van der Waals surface area (Å²) in [6, 6.07) is 9.19. The highest BCUT2D eigenvalue weighted by Crippen LogP contribution is 1.98. The van der Waals surface area contributed by atoms with Crippen molar-refractivity contribution in [2.75, 3.05) is 21.1 Å². The van der Waals surface area contributed by atoms with E-state index in [9.17, 15) is 4.79 Å². The number of hydrogen-bond acceptors (Lipinski definition) is 2. The van der Waals surface area contributed by atoms with Crippen LogP contribution in [-0.2, 0) is 0 Å². The van der Waals surface area contributed by atoms with E-state index in [1.807, 2.05) is 39.3 Å². The van der Waals surface area contributed by atoms with Crippen LogP contribution >= 0.6 is 0 Å². The van der Waals surface area contributed by atoms with Crippen LogP contribution in [0, 0.1) is 0 Å². The minimum absolute atomic E-state index is 0. The summed E-state index contributed by atoms with van der Waals surface area (Å²) in [4.78, 5) is 11.5. The van der Waals surface area contributed by atoms with Gasteiger partial charge in [0.25, 0.3) is 5.91 Å². The molecule has 0 spiro atoms. The van der Waals surface area contributed by atoms with E-state index in [0.717, 1.165) is 0 Å². The van der Waals surface area contributed by atoms with Gasteiger partial charge in [0.15, 0.2) is 0 Å². The molecule has 0 radical (unpaired) electrons. The average molecular weight is 196 g/mol. The van der Waals surface area contributed by atoms with Crippen LogP contribution in [0.4, 0.5) is 0 Å². The van der Waals surface area contributed by atoms with E-state index in [1.54, 1.807) is 12.1 Å². The Labute approximate surface area is 84.0 Å². The van der Waals surface area contributed by atoms with Gasteiger partial charge in [-0.25, -0.2) is 4.59 Å². The minimum atomic E-state index is -0.0481. The molecule has 0 saturated carbocycles. The van der Waals surface area contributed by atoms with Gasteiger partial charge in [-0.2, -0.15) is 5.43 Å². The van der Waals surface area contributed by atoms with Gasteiger partial charge in [-0.3, -0.25) is 4.79 Å². The Kier molecular flexibility index (Phi) is 4.27. The lowest BCUT2D eigenvalue weighted by atomic mass is 10.2. The van der Waals surface area contributed by atoms with Gasteiger partial charge in [-0.15, -0.1) is 0 Å². The summed E-state index contributed by atoms with van der Waals surface area (Å²) in [5.74, 6) is -0.0481. The molecule has 0 heterocycles. The molecule has 78 valence electrons. The van der Waals surface area contributed by atoms with Gasteiger partial charge in [0.05, 0.1) is 21.1 Å².